The van der Waals surface area contributed by atoms with Crippen LogP contribution in [0.15, 0.2) is 42.6 Å². The van der Waals surface area contributed by atoms with E-state index in [0.717, 1.165) is 5.69 Å². The first-order valence-electron chi connectivity index (χ1n) is 5.46. The lowest BCUT2D eigenvalue weighted by atomic mass is 10.0. The summed E-state index contributed by atoms with van der Waals surface area (Å²) in [4.78, 5) is 15.3. The minimum Gasteiger partial charge on any atom is -0.366 e. The van der Waals surface area contributed by atoms with Crippen LogP contribution in [-0.4, -0.2) is 10.9 Å². The summed E-state index contributed by atoms with van der Waals surface area (Å²) in [5, 5.41) is 0. The van der Waals surface area contributed by atoms with Gasteiger partial charge in [-0.1, -0.05) is 24.3 Å². The van der Waals surface area contributed by atoms with E-state index in [1.165, 1.54) is 11.1 Å². The summed E-state index contributed by atoms with van der Waals surface area (Å²) in [6.45, 7) is 2.06. The highest BCUT2D eigenvalue weighted by Crippen LogP contribution is 2.12. The molecule has 0 aliphatic heterocycles. The number of rotatable bonds is 3. The third-order valence-corrected chi connectivity index (χ3v) is 2.73. The SMILES string of the molecule is Cc1ccccc1Cc1cc(C(N)=O)ccn1. The molecule has 1 heterocycles. The summed E-state index contributed by atoms with van der Waals surface area (Å²) in [7, 11) is 0. The molecule has 3 nitrogen and oxygen atoms in total. The van der Waals surface area contributed by atoms with Crippen molar-refractivity contribution >= 4 is 5.91 Å². The number of primary amides is 1. The lowest BCUT2D eigenvalue weighted by Crippen LogP contribution is -2.11. The zero-order valence-corrected chi connectivity index (χ0v) is 9.68. The first kappa shape index (κ1) is 11.3. The Kier molecular flexibility index (Phi) is 3.19. The molecule has 0 aliphatic carbocycles. The third kappa shape index (κ3) is 2.69. The minimum atomic E-state index is -0.418. The maximum Gasteiger partial charge on any atom is 0.248 e. The highest BCUT2D eigenvalue weighted by molar-refractivity contribution is 5.92. The van der Waals surface area contributed by atoms with Crippen LogP contribution in [0.1, 0.15) is 27.2 Å². The van der Waals surface area contributed by atoms with Gasteiger partial charge in [0.05, 0.1) is 0 Å². The van der Waals surface area contributed by atoms with Crippen molar-refractivity contribution in [3.8, 4) is 0 Å². The van der Waals surface area contributed by atoms with Crippen molar-refractivity contribution in [3.63, 3.8) is 0 Å². The van der Waals surface area contributed by atoms with E-state index in [9.17, 15) is 4.79 Å². The van der Waals surface area contributed by atoms with Crippen LogP contribution in [0.25, 0.3) is 0 Å². The van der Waals surface area contributed by atoms with Crippen molar-refractivity contribution in [1.82, 2.24) is 4.98 Å². The van der Waals surface area contributed by atoms with Gasteiger partial charge in [-0.25, -0.2) is 0 Å². The second-order valence-electron chi connectivity index (χ2n) is 4.00. The molecule has 1 aromatic carbocycles. The van der Waals surface area contributed by atoms with Crippen LogP contribution in [0.2, 0.25) is 0 Å². The average Bonchev–Trinajstić information content (AvgIpc) is 2.32. The standard InChI is InChI=1S/C14H14N2O/c1-10-4-2-3-5-11(10)8-13-9-12(14(15)17)6-7-16-13/h2-7,9H,8H2,1H3,(H2,15,17). The van der Waals surface area contributed by atoms with Gasteiger partial charge in [-0.15, -0.1) is 0 Å². The molecule has 86 valence electrons. The fourth-order valence-electron chi connectivity index (χ4n) is 1.73. The van der Waals surface area contributed by atoms with Crippen molar-refractivity contribution in [1.29, 1.82) is 0 Å². The number of nitrogens with zero attached hydrogens (tertiary/aromatic N) is 1. The van der Waals surface area contributed by atoms with E-state index in [2.05, 4.69) is 24.0 Å². The zero-order chi connectivity index (χ0) is 12.3. The summed E-state index contributed by atoms with van der Waals surface area (Å²) in [6.07, 6.45) is 2.33. The molecule has 0 unspecified atom stereocenters. The zero-order valence-electron chi connectivity index (χ0n) is 9.68. The maximum atomic E-state index is 11.1. The Labute approximate surface area is 100 Å². The molecule has 1 aromatic heterocycles. The molecule has 0 saturated carbocycles. The number of benzene rings is 1. The molecule has 0 saturated heterocycles. The Bertz CT molecular complexity index is 549. The van der Waals surface area contributed by atoms with Gasteiger partial charge in [0.25, 0.3) is 0 Å². The van der Waals surface area contributed by atoms with Gasteiger partial charge in [0.2, 0.25) is 5.91 Å². The van der Waals surface area contributed by atoms with E-state index < -0.39 is 5.91 Å². The summed E-state index contributed by atoms with van der Waals surface area (Å²) in [5.41, 5.74) is 9.03. The number of hydrogen-bond acceptors (Lipinski definition) is 2. The number of amides is 1. The van der Waals surface area contributed by atoms with Crippen LogP contribution in [0.5, 0.6) is 0 Å². The molecule has 2 rings (SSSR count). The molecule has 2 aromatic rings. The lowest BCUT2D eigenvalue weighted by Gasteiger charge is -2.05. The second-order valence-corrected chi connectivity index (χ2v) is 4.00. The normalized spacial score (nSPS) is 10.2. The van der Waals surface area contributed by atoms with E-state index >= 15 is 0 Å². The smallest absolute Gasteiger partial charge is 0.248 e. The Morgan fingerprint density at radius 1 is 1.29 bits per heavy atom. The van der Waals surface area contributed by atoms with Crippen molar-refractivity contribution < 1.29 is 4.79 Å². The molecule has 2 N–H and O–H groups in total. The number of aromatic nitrogens is 1. The molecule has 0 radical (unpaired) electrons. The topological polar surface area (TPSA) is 56.0 Å². The van der Waals surface area contributed by atoms with Gasteiger partial charge >= 0.3 is 0 Å². The van der Waals surface area contributed by atoms with Gasteiger partial charge in [0, 0.05) is 23.9 Å². The number of carbonyl (C=O) groups is 1. The van der Waals surface area contributed by atoms with Gasteiger partial charge in [-0.2, -0.15) is 0 Å². The van der Waals surface area contributed by atoms with E-state index in [-0.39, 0.29) is 0 Å². The Morgan fingerprint density at radius 3 is 2.76 bits per heavy atom. The van der Waals surface area contributed by atoms with E-state index in [1.54, 1.807) is 18.3 Å². The molecule has 1 amide bonds. The molecular formula is C14H14N2O. The number of hydrogen-bond donors (Lipinski definition) is 1. The molecule has 0 fully saturated rings. The molecule has 0 spiro atoms. The highest BCUT2D eigenvalue weighted by atomic mass is 16.1. The summed E-state index contributed by atoms with van der Waals surface area (Å²) in [5.74, 6) is -0.418. The predicted molar refractivity (Wildman–Crippen MR) is 66.7 cm³/mol. The minimum absolute atomic E-state index is 0.418. The summed E-state index contributed by atoms with van der Waals surface area (Å²) < 4.78 is 0. The largest absolute Gasteiger partial charge is 0.366 e. The molecule has 0 bridgehead atoms. The Balaban J connectivity index is 2.28. The van der Waals surface area contributed by atoms with Crippen LogP contribution < -0.4 is 5.73 Å². The summed E-state index contributed by atoms with van der Waals surface area (Å²) in [6, 6.07) is 11.5. The van der Waals surface area contributed by atoms with Crippen molar-refractivity contribution in [2.45, 2.75) is 13.3 Å². The average molecular weight is 226 g/mol. The van der Waals surface area contributed by atoms with Crippen LogP contribution in [0.4, 0.5) is 0 Å². The number of pyridine rings is 1. The number of aryl methyl sites for hydroxylation is 1. The monoisotopic (exact) mass is 226 g/mol. The quantitative estimate of drug-likeness (QED) is 0.871. The summed E-state index contributed by atoms with van der Waals surface area (Å²) >= 11 is 0. The molecule has 0 atom stereocenters. The van der Waals surface area contributed by atoms with Crippen molar-refractivity contribution in [2.75, 3.05) is 0 Å². The van der Waals surface area contributed by atoms with Crippen LogP contribution in [0.3, 0.4) is 0 Å². The molecular weight excluding hydrogens is 212 g/mol. The van der Waals surface area contributed by atoms with Crippen molar-refractivity contribution in [2.24, 2.45) is 5.73 Å². The molecule has 0 aliphatic rings. The molecule has 3 heteroatoms. The van der Waals surface area contributed by atoms with Crippen LogP contribution in [-0.2, 0) is 6.42 Å². The highest BCUT2D eigenvalue weighted by Gasteiger charge is 2.04. The predicted octanol–water partition coefficient (Wildman–Crippen LogP) is 2.08. The number of carbonyl (C=O) groups excluding carboxylic acids is 1. The lowest BCUT2D eigenvalue weighted by molar-refractivity contribution is 0.1000. The van der Waals surface area contributed by atoms with Crippen molar-refractivity contribution in [3.05, 3.63) is 65.0 Å². The Hall–Kier alpha value is -2.16. The molecule has 17 heavy (non-hydrogen) atoms. The van der Waals surface area contributed by atoms with Gasteiger partial charge in [0.15, 0.2) is 0 Å². The van der Waals surface area contributed by atoms with E-state index in [4.69, 9.17) is 5.73 Å². The maximum absolute atomic E-state index is 11.1. The van der Waals surface area contributed by atoms with Gasteiger partial charge in [-0.05, 0) is 30.2 Å². The van der Waals surface area contributed by atoms with E-state index in [0.29, 0.717) is 12.0 Å². The van der Waals surface area contributed by atoms with Gasteiger partial charge in [-0.3, -0.25) is 9.78 Å². The van der Waals surface area contributed by atoms with Gasteiger partial charge < -0.3 is 5.73 Å². The number of nitrogens with two attached hydrogens (primary N) is 1. The van der Waals surface area contributed by atoms with Crippen LogP contribution in [0, 0.1) is 6.92 Å². The first-order chi connectivity index (χ1) is 8.16. The fourth-order valence-corrected chi connectivity index (χ4v) is 1.73. The van der Waals surface area contributed by atoms with Gasteiger partial charge in [0.1, 0.15) is 0 Å². The third-order valence-electron chi connectivity index (χ3n) is 2.73. The Morgan fingerprint density at radius 2 is 2.06 bits per heavy atom. The second kappa shape index (κ2) is 4.78. The van der Waals surface area contributed by atoms with Crippen LogP contribution >= 0.6 is 0 Å². The first-order valence-corrected chi connectivity index (χ1v) is 5.46. The fraction of sp³-hybridized carbons (Fsp3) is 0.143. The van der Waals surface area contributed by atoms with E-state index in [1.807, 2.05) is 12.1 Å².